The predicted molar refractivity (Wildman–Crippen MR) is 425 cm³/mol. The Hall–Kier alpha value is -3.49. The van der Waals surface area contributed by atoms with Gasteiger partial charge < -0.3 is 122 Å². The number of esters is 2. The van der Waals surface area contributed by atoms with Gasteiger partial charge in [0.1, 0.15) is 54.4 Å². The molecule has 1 aromatic rings. The summed E-state index contributed by atoms with van der Waals surface area (Å²) in [5.41, 5.74) is -6.69. The monoisotopic (exact) mass is 1650 g/mol. The molecule has 11 rings (SSSR count). The highest BCUT2D eigenvalue weighted by Gasteiger charge is 2.63. The lowest BCUT2D eigenvalue weighted by Gasteiger charge is -2.49. The molecule has 666 valence electrons. The van der Waals surface area contributed by atoms with E-state index in [0.717, 1.165) is 31.7 Å². The Bertz CT molecular complexity index is 3300. The van der Waals surface area contributed by atoms with Crippen molar-refractivity contribution in [2.75, 3.05) is 66.6 Å². The fraction of sp³-hybridized carbons (Fsp3) is 0.895. The van der Waals surface area contributed by atoms with E-state index in [-0.39, 0.29) is 74.5 Å². The summed E-state index contributed by atoms with van der Waals surface area (Å²) in [5, 5.41) is 95.4. The topological polar surface area (TPSA) is 373 Å². The SMILES string of the molecule is CC[C@@H](O)[C@@](C)(O)[C@@H]1OC(=O)[C@H](C)[C@@H](O[C@H]2CC(C)(OC)[C@@H](O)C(C)O2)[C@H](C)[C@@H](O[C@@H]2OC(C)CC(N3CCN(C(=O)OCc4ccccc4)CC3)C2O)[C@]2(C)CC(C)C(O2)[C@@H]1C.CC[C@@H](O)[C@@](C)(O)[C@@H]1OC(=O)[C@H](C)[C@@H](O[C@H]2CC(C)(OC)[C@@H](O)C(C)O2)[C@H](C)[C@@H](O[C@@H]2OC(C)CC(N3CCNCC3)C2O)[C@]2(C)CC(C)C(O2)[C@@H]1C. The van der Waals surface area contributed by atoms with Crippen molar-refractivity contribution < 1.29 is 126 Å². The molecule has 0 radical (unpaired) electrons. The van der Waals surface area contributed by atoms with Crippen LogP contribution in [0.2, 0.25) is 0 Å². The molecule has 0 spiro atoms. The molecule has 10 saturated heterocycles. The highest BCUT2D eigenvalue weighted by molar-refractivity contribution is 5.74. The highest BCUT2D eigenvalue weighted by atomic mass is 16.7. The average molecular weight is 1650 g/mol. The van der Waals surface area contributed by atoms with Crippen LogP contribution in [0.4, 0.5) is 4.79 Å². The van der Waals surface area contributed by atoms with E-state index < -0.39 is 204 Å². The first-order valence-electron chi connectivity index (χ1n) is 43.2. The van der Waals surface area contributed by atoms with Crippen molar-refractivity contribution in [3.8, 4) is 0 Å². The number of nitrogens with zero attached hydrogens (tertiary/aromatic N) is 3. The van der Waals surface area contributed by atoms with Gasteiger partial charge in [0.15, 0.2) is 25.2 Å². The number of aliphatic hydroxyl groups is 8. The largest absolute Gasteiger partial charge is 0.459 e. The molecule has 0 saturated carbocycles. The lowest BCUT2D eigenvalue weighted by atomic mass is 9.76. The van der Waals surface area contributed by atoms with E-state index in [1.807, 2.05) is 85.7 Å². The fourth-order valence-corrected chi connectivity index (χ4v) is 21.2. The number of benzene rings is 1. The molecule has 0 aliphatic carbocycles. The van der Waals surface area contributed by atoms with Crippen LogP contribution in [-0.2, 0) is 87.2 Å². The quantitative estimate of drug-likeness (QED) is 0.0535. The number of rotatable bonds is 20. The van der Waals surface area contributed by atoms with Crippen LogP contribution in [0.3, 0.4) is 0 Å². The second kappa shape index (κ2) is 38.7. The van der Waals surface area contributed by atoms with Crippen molar-refractivity contribution in [2.24, 2.45) is 47.3 Å². The summed E-state index contributed by atoms with van der Waals surface area (Å²) < 4.78 is 96.9. The maximum atomic E-state index is 14.5. The number of cyclic esters (lactones) is 2. The Balaban J connectivity index is 0.000000249. The van der Waals surface area contributed by atoms with Crippen LogP contribution in [0.5, 0.6) is 0 Å². The van der Waals surface area contributed by atoms with Crippen LogP contribution < -0.4 is 5.32 Å². The molecule has 30 nitrogen and oxygen atoms in total. The van der Waals surface area contributed by atoms with Crippen molar-refractivity contribution in [3.05, 3.63) is 35.9 Å². The first-order valence-corrected chi connectivity index (χ1v) is 43.2. The van der Waals surface area contributed by atoms with Gasteiger partial charge in [-0.1, -0.05) is 85.7 Å². The third kappa shape index (κ3) is 20.3. The van der Waals surface area contributed by atoms with E-state index in [2.05, 4.69) is 29.0 Å². The molecule has 1 amide bonds. The number of carbonyl (C=O) groups is 3. The van der Waals surface area contributed by atoms with E-state index in [9.17, 15) is 55.2 Å². The molecule has 10 aliphatic heterocycles. The van der Waals surface area contributed by atoms with Gasteiger partial charge in [0, 0.05) is 115 Å². The Labute approximate surface area is 688 Å². The smallest absolute Gasteiger partial charge is 0.410 e. The lowest BCUT2D eigenvalue weighted by Crippen LogP contribution is -2.62. The highest BCUT2D eigenvalue weighted by Crippen LogP contribution is 2.52. The first-order chi connectivity index (χ1) is 54.4. The molecular formula is C86H146N4O26. The maximum Gasteiger partial charge on any atom is 0.410 e. The number of piperazine rings is 2. The summed E-state index contributed by atoms with van der Waals surface area (Å²) in [5.74, 6) is -5.59. The molecule has 10 aliphatic rings. The van der Waals surface area contributed by atoms with Crippen LogP contribution in [0.25, 0.3) is 0 Å². The lowest BCUT2D eigenvalue weighted by molar-refractivity contribution is -0.319. The summed E-state index contributed by atoms with van der Waals surface area (Å²) in [4.78, 5) is 48.1. The van der Waals surface area contributed by atoms with Crippen LogP contribution in [0.15, 0.2) is 30.3 Å². The van der Waals surface area contributed by atoms with Gasteiger partial charge in [-0.15, -0.1) is 0 Å². The van der Waals surface area contributed by atoms with Crippen molar-refractivity contribution in [1.29, 1.82) is 0 Å². The molecular weight excluding hydrogens is 1500 g/mol. The number of aliphatic hydroxyl groups excluding tert-OH is 6. The van der Waals surface area contributed by atoms with E-state index >= 15 is 0 Å². The minimum absolute atomic E-state index is 0.0589. The zero-order chi connectivity index (χ0) is 85.4. The Morgan fingerprint density at radius 2 is 0.940 bits per heavy atom. The van der Waals surface area contributed by atoms with Crippen LogP contribution in [0.1, 0.15) is 195 Å². The van der Waals surface area contributed by atoms with Gasteiger partial charge in [0.2, 0.25) is 0 Å². The maximum absolute atomic E-state index is 14.5. The van der Waals surface area contributed by atoms with Crippen LogP contribution >= 0.6 is 0 Å². The van der Waals surface area contributed by atoms with Crippen LogP contribution in [0, 0.1) is 47.3 Å². The van der Waals surface area contributed by atoms with Crippen LogP contribution in [-0.4, -0.2) is 321 Å². The van der Waals surface area contributed by atoms with Gasteiger partial charge in [0.25, 0.3) is 0 Å². The minimum atomic E-state index is -1.82. The number of hydrogen-bond donors (Lipinski definition) is 9. The Kier molecular flexibility index (Phi) is 31.6. The number of methoxy groups -OCH3 is 2. The predicted octanol–water partition coefficient (Wildman–Crippen LogP) is 5.98. The number of hydrogen-bond acceptors (Lipinski definition) is 29. The molecule has 10 fully saturated rings. The van der Waals surface area contributed by atoms with Crippen molar-refractivity contribution >= 4 is 18.0 Å². The van der Waals surface area contributed by atoms with Gasteiger partial charge in [-0.25, -0.2) is 4.79 Å². The summed E-state index contributed by atoms with van der Waals surface area (Å²) in [7, 11) is 3.06. The Morgan fingerprint density at radius 3 is 1.32 bits per heavy atom. The van der Waals surface area contributed by atoms with Gasteiger partial charge in [-0.05, 0) is 139 Å². The second-order valence-corrected chi connectivity index (χ2v) is 37.4. The standard InChI is InChI=1S/C47H76N2O14.C39H70N2O12/c1-12-34(50)47(10,55)41-28(4)37-26(2)23-46(9,63-37)40(29(5)38(30(6)42(53)61-41)60-35-24-45(8,56-11)39(52)31(7)59-35)62-43-36(51)33(22-27(3)58-43)48-18-20-49(21-19-48)44(54)57-25-32-16-14-13-15-17-32;1-12-27(42)39(10,46)34-22(4)30-20(2)18-38(9,53-30)33(52-36-29(43)26(17-21(3)48-36)41-15-13-40-14-16-41)23(5)31(24(6)35(45)51-34)50-28-19-37(8,47-11)32(44)25(7)49-28/h13-17,26-31,33-41,43,50-52,55H,12,18-25H2,1-11H3;20-34,36,40,42-44,46H,12-19H2,1-11H3/t26?,27?,28-,29-,30+,31?,33?,34+,35-,36?,37?,38-,39-,40+,41+,43-,45?,46-,47+;20?,21?,22-,23-,24+,25?,26?,27+,28-,29?,30?,31-,32-,33+,34+,36-,37?,38-,39+/m00/s1. The third-order valence-electron chi connectivity index (χ3n) is 28.3. The van der Waals surface area contributed by atoms with E-state index in [0.29, 0.717) is 51.9 Å². The van der Waals surface area contributed by atoms with Gasteiger partial charge in [0.05, 0.1) is 107 Å². The van der Waals surface area contributed by atoms with Crippen molar-refractivity contribution in [2.45, 2.75) is 377 Å². The number of fused-ring (bicyclic) bond motifs is 4. The van der Waals surface area contributed by atoms with Crippen molar-refractivity contribution in [1.82, 2.24) is 20.0 Å². The first kappa shape index (κ1) is 94.8. The molecule has 14 unspecified atom stereocenters. The number of amides is 1. The van der Waals surface area contributed by atoms with Gasteiger partial charge in [-0.3, -0.25) is 19.4 Å². The van der Waals surface area contributed by atoms with Crippen molar-refractivity contribution in [3.63, 3.8) is 0 Å². The molecule has 0 aromatic heterocycles. The van der Waals surface area contributed by atoms with Gasteiger partial charge in [-0.2, -0.15) is 0 Å². The fourth-order valence-electron chi connectivity index (χ4n) is 21.2. The minimum Gasteiger partial charge on any atom is -0.459 e. The Morgan fingerprint density at radius 1 is 0.552 bits per heavy atom. The third-order valence-corrected chi connectivity index (χ3v) is 28.3. The van der Waals surface area contributed by atoms with E-state index in [4.69, 9.17) is 71.1 Å². The second-order valence-electron chi connectivity index (χ2n) is 37.4. The zero-order valence-corrected chi connectivity index (χ0v) is 73.2. The van der Waals surface area contributed by atoms with Gasteiger partial charge >= 0.3 is 18.0 Å². The normalized spacial score (nSPS) is 46.1. The number of ether oxygens (including phenoxy) is 15. The average Bonchev–Trinajstić information content (AvgIpc) is 1.58. The summed E-state index contributed by atoms with van der Waals surface area (Å²) in [6.45, 7) is 42.1. The summed E-state index contributed by atoms with van der Waals surface area (Å²) >= 11 is 0. The van der Waals surface area contributed by atoms with E-state index in [1.54, 1.807) is 60.3 Å². The molecule has 116 heavy (non-hydrogen) atoms. The number of carbonyl (C=O) groups excluding carboxylic acids is 3. The zero-order valence-electron chi connectivity index (χ0n) is 73.2. The molecule has 10 heterocycles. The molecule has 1 aromatic carbocycles. The molecule has 9 N–H and O–H groups in total. The summed E-state index contributed by atoms with van der Waals surface area (Å²) in [6, 6.07) is 9.03. The van der Waals surface area contributed by atoms with E-state index in [1.165, 1.54) is 28.1 Å². The molecule has 38 atom stereocenters. The summed E-state index contributed by atoms with van der Waals surface area (Å²) in [6.07, 6.45) is -16.0. The molecule has 30 heteroatoms. The number of nitrogens with one attached hydrogen (secondary N) is 1. The molecule has 4 bridgehead atoms.